The number of hydrogen-bond donors (Lipinski definition) is 0. The Morgan fingerprint density at radius 3 is 2.40 bits per heavy atom. The molecule has 0 N–H and O–H groups in total. The van der Waals surface area contributed by atoms with Crippen molar-refractivity contribution >= 4 is 22.7 Å². The van der Waals surface area contributed by atoms with Crippen LogP contribution in [0.1, 0.15) is 17.7 Å². The van der Waals surface area contributed by atoms with Gasteiger partial charge in [0.1, 0.15) is 24.3 Å². The average molecular weight is 333 g/mol. The number of nitrogens with zero attached hydrogens (tertiary/aromatic N) is 7. The number of piperazine rings is 1. The van der Waals surface area contributed by atoms with Gasteiger partial charge in [-0.15, -0.1) is 0 Å². The molecule has 0 unspecified atom stereocenters. The van der Waals surface area contributed by atoms with Crippen LogP contribution in [0.25, 0.3) is 11.0 Å². The largest absolute Gasteiger partial charge is 0.353 e. The summed E-state index contributed by atoms with van der Waals surface area (Å²) in [6.45, 7) is 3.71. The van der Waals surface area contributed by atoms with Gasteiger partial charge in [-0.2, -0.15) is 0 Å². The van der Waals surface area contributed by atoms with E-state index in [9.17, 15) is 0 Å². The molecular weight excluding hydrogens is 314 g/mol. The summed E-state index contributed by atoms with van der Waals surface area (Å²) in [7, 11) is 0. The van der Waals surface area contributed by atoms with Crippen LogP contribution >= 0.6 is 0 Å². The van der Waals surface area contributed by atoms with Gasteiger partial charge in [0.15, 0.2) is 5.65 Å². The van der Waals surface area contributed by atoms with Crippen molar-refractivity contribution < 1.29 is 0 Å². The summed E-state index contributed by atoms with van der Waals surface area (Å²) in [5.74, 6) is 2.11. The first-order valence-electron chi connectivity index (χ1n) is 8.78. The van der Waals surface area contributed by atoms with Crippen molar-refractivity contribution in [3.8, 4) is 0 Å². The van der Waals surface area contributed by atoms with Gasteiger partial charge in [-0.1, -0.05) is 0 Å². The second-order valence-corrected chi connectivity index (χ2v) is 6.52. The monoisotopic (exact) mass is 333 g/mol. The molecule has 1 aliphatic carbocycles. The number of aryl methyl sites for hydroxylation is 1. The van der Waals surface area contributed by atoms with E-state index in [-0.39, 0.29) is 0 Å². The molecule has 1 aliphatic heterocycles. The molecule has 3 aromatic heterocycles. The van der Waals surface area contributed by atoms with Crippen LogP contribution in [0.5, 0.6) is 0 Å². The first-order valence-corrected chi connectivity index (χ1v) is 8.78. The lowest BCUT2D eigenvalue weighted by Crippen LogP contribution is -2.47. The van der Waals surface area contributed by atoms with E-state index in [4.69, 9.17) is 0 Å². The van der Waals surface area contributed by atoms with E-state index >= 15 is 0 Å². The molecule has 0 aromatic carbocycles. The molecule has 4 heterocycles. The molecule has 0 radical (unpaired) electrons. The Balaban J connectivity index is 1.39. The quantitative estimate of drug-likeness (QED) is 0.706. The van der Waals surface area contributed by atoms with Crippen molar-refractivity contribution in [3.05, 3.63) is 42.2 Å². The van der Waals surface area contributed by atoms with Crippen LogP contribution in [0, 0.1) is 0 Å². The lowest BCUT2D eigenvalue weighted by atomic mass is 10.2. The molecule has 1 saturated heterocycles. The third-order valence-electron chi connectivity index (χ3n) is 5.12. The van der Waals surface area contributed by atoms with Crippen molar-refractivity contribution in [2.24, 2.45) is 0 Å². The smallest absolute Gasteiger partial charge is 0.164 e. The van der Waals surface area contributed by atoms with Gasteiger partial charge < -0.3 is 9.80 Å². The van der Waals surface area contributed by atoms with Crippen LogP contribution in [-0.2, 0) is 12.8 Å². The molecule has 0 saturated carbocycles. The van der Waals surface area contributed by atoms with Gasteiger partial charge in [-0.25, -0.2) is 24.9 Å². The fraction of sp³-hybridized carbons (Fsp3) is 0.389. The van der Waals surface area contributed by atoms with E-state index in [1.807, 2.05) is 12.1 Å². The van der Waals surface area contributed by atoms with Gasteiger partial charge in [0.2, 0.25) is 0 Å². The van der Waals surface area contributed by atoms with Gasteiger partial charge in [-0.05, 0) is 31.4 Å². The Bertz CT molecular complexity index is 913. The molecule has 0 amide bonds. The highest BCUT2D eigenvalue weighted by Gasteiger charge is 2.25. The number of aromatic nitrogens is 5. The first-order chi connectivity index (χ1) is 12.4. The predicted molar refractivity (Wildman–Crippen MR) is 95.8 cm³/mol. The molecule has 0 atom stereocenters. The van der Waals surface area contributed by atoms with E-state index in [0.29, 0.717) is 0 Å². The molecule has 25 heavy (non-hydrogen) atoms. The highest BCUT2D eigenvalue weighted by atomic mass is 15.3. The van der Waals surface area contributed by atoms with Crippen molar-refractivity contribution in [1.29, 1.82) is 0 Å². The van der Waals surface area contributed by atoms with Crippen molar-refractivity contribution in [2.75, 3.05) is 36.0 Å². The lowest BCUT2D eigenvalue weighted by Gasteiger charge is -2.37. The highest BCUT2D eigenvalue weighted by Crippen LogP contribution is 2.29. The van der Waals surface area contributed by atoms with E-state index in [0.717, 1.165) is 61.7 Å². The summed E-state index contributed by atoms with van der Waals surface area (Å²) in [5, 5.41) is 1.02. The van der Waals surface area contributed by atoms with Gasteiger partial charge in [0, 0.05) is 43.6 Å². The van der Waals surface area contributed by atoms with Crippen LogP contribution in [0.4, 0.5) is 11.6 Å². The van der Waals surface area contributed by atoms with E-state index in [1.165, 1.54) is 17.7 Å². The third kappa shape index (κ3) is 2.47. The zero-order valence-corrected chi connectivity index (χ0v) is 14.0. The molecule has 126 valence electrons. The zero-order valence-electron chi connectivity index (χ0n) is 14.0. The normalized spacial score (nSPS) is 17.1. The molecular formula is C18H19N7. The topological polar surface area (TPSA) is 70.9 Å². The third-order valence-corrected chi connectivity index (χ3v) is 5.12. The minimum atomic E-state index is 0.753. The maximum Gasteiger partial charge on any atom is 0.164 e. The number of rotatable bonds is 2. The van der Waals surface area contributed by atoms with Crippen LogP contribution in [0.15, 0.2) is 31.0 Å². The molecule has 7 heteroatoms. The minimum absolute atomic E-state index is 0.753. The van der Waals surface area contributed by atoms with Crippen LogP contribution in [0.2, 0.25) is 0 Å². The molecule has 0 bridgehead atoms. The summed E-state index contributed by atoms with van der Waals surface area (Å²) in [6.07, 6.45) is 8.48. The first kappa shape index (κ1) is 14.5. The lowest BCUT2D eigenvalue weighted by molar-refractivity contribution is 0.639. The average Bonchev–Trinajstić information content (AvgIpc) is 3.17. The Morgan fingerprint density at radius 1 is 0.760 bits per heavy atom. The van der Waals surface area contributed by atoms with Gasteiger partial charge in [0.05, 0.1) is 5.39 Å². The highest BCUT2D eigenvalue weighted by molar-refractivity contribution is 5.86. The van der Waals surface area contributed by atoms with Crippen molar-refractivity contribution in [2.45, 2.75) is 19.3 Å². The number of fused-ring (bicyclic) bond motifs is 2. The Hall–Kier alpha value is -2.83. The number of anilines is 2. The molecule has 0 spiro atoms. The summed E-state index contributed by atoms with van der Waals surface area (Å²) in [4.78, 5) is 26.9. The minimum Gasteiger partial charge on any atom is -0.353 e. The fourth-order valence-corrected chi connectivity index (χ4v) is 3.88. The van der Waals surface area contributed by atoms with Gasteiger partial charge >= 0.3 is 0 Å². The van der Waals surface area contributed by atoms with E-state index < -0.39 is 0 Å². The summed E-state index contributed by atoms with van der Waals surface area (Å²) < 4.78 is 0. The second kappa shape index (κ2) is 5.91. The summed E-state index contributed by atoms with van der Waals surface area (Å²) in [5.41, 5.74) is 3.34. The van der Waals surface area contributed by atoms with Crippen LogP contribution in [0.3, 0.4) is 0 Å². The summed E-state index contributed by atoms with van der Waals surface area (Å²) in [6, 6.07) is 3.98. The fourth-order valence-electron chi connectivity index (χ4n) is 3.88. The standard InChI is InChI=1S/C18H19N7/c1-3-13-15(5-1)20-11-22-17(13)24-7-9-25(10-8-24)18-14-4-2-6-19-16(14)21-12-23-18/h2,4,6,11-12H,1,3,5,7-10H2. The molecule has 3 aromatic rings. The number of hydrogen-bond acceptors (Lipinski definition) is 7. The SMILES string of the molecule is c1cnc2ncnc(N3CCN(c4ncnc5c4CCC5)CC3)c2c1. The Labute approximate surface area is 145 Å². The predicted octanol–water partition coefficient (Wildman–Crippen LogP) is 1.63. The van der Waals surface area contributed by atoms with Crippen LogP contribution in [-0.4, -0.2) is 51.1 Å². The van der Waals surface area contributed by atoms with Gasteiger partial charge in [0.25, 0.3) is 0 Å². The molecule has 5 rings (SSSR count). The zero-order chi connectivity index (χ0) is 16.6. The number of pyridine rings is 1. The van der Waals surface area contributed by atoms with Crippen LogP contribution < -0.4 is 9.80 Å². The Morgan fingerprint density at radius 2 is 1.52 bits per heavy atom. The molecule has 1 fully saturated rings. The van der Waals surface area contributed by atoms with Crippen molar-refractivity contribution in [3.63, 3.8) is 0 Å². The maximum absolute atomic E-state index is 4.58. The van der Waals surface area contributed by atoms with Crippen molar-refractivity contribution in [1.82, 2.24) is 24.9 Å². The maximum atomic E-state index is 4.58. The Kier molecular flexibility index (Phi) is 3.43. The second-order valence-electron chi connectivity index (χ2n) is 6.52. The molecule has 2 aliphatic rings. The van der Waals surface area contributed by atoms with E-state index in [2.05, 4.69) is 34.7 Å². The van der Waals surface area contributed by atoms with Gasteiger partial charge in [-0.3, -0.25) is 0 Å². The van der Waals surface area contributed by atoms with E-state index in [1.54, 1.807) is 18.9 Å². The molecule has 7 nitrogen and oxygen atoms in total. The summed E-state index contributed by atoms with van der Waals surface area (Å²) >= 11 is 0.